The number of nitrogens with one attached hydrogen (secondary N) is 1. The maximum absolute atomic E-state index is 11.7. The van der Waals surface area contributed by atoms with Gasteiger partial charge in [0.05, 0.1) is 18.8 Å². The van der Waals surface area contributed by atoms with Gasteiger partial charge in [-0.15, -0.1) is 0 Å². The fourth-order valence-corrected chi connectivity index (χ4v) is 2.43. The summed E-state index contributed by atoms with van der Waals surface area (Å²) in [6, 6.07) is -0.162. The van der Waals surface area contributed by atoms with Crippen LogP contribution < -0.4 is 5.32 Å². The maximum Gasteiger partial charge on any atom is 0.323 e. The summed E-state index contributed by atoms with van der Waals surface area (Å²) in [5.41, 5.74) is 0. The molecule has 2 atom stereocenters. The van der Waals surface area contributed by atoms with Crippen LogP contribution in [0.4, 0.5) is 4.79 Å². The van der Waals surface area contributed by atoms with E-state index in [2.05, 4.69) is 5.32 Å². The van der Waals surface area contributed by atoms with Crippen molar-refractivity contribution >= 4 is 12.0 Å². The minimum atomic E-state index is -1.02. The highest BCUT2D eigenvalue weighted by Gasteiger charge is 2.38. The molecule has 0 aromatic carbocycles. The van der Waals surface area contributed by atoms with Crippen LogP contribution in [0.15, 0.2) is 0 Å². The first kappa shape index (κ1) is 11.2. The number of nitrogens with zero attached hydrogens (tertiary/aromatic N) is 1. The lowest BCUT2D eigenvalue weighted by Crippen LogP contribution is -2.55. The third kappa shape index (κ3) is 2.27. The van der Waals surface area contributed by atoms with Gasteiger partial charge in [-0.05, 0) is 19.3 Å². The Morgan fingerprint density at radius 3 is 3.00 bits per heavy atom. The number of carbonyl (C=O) groups is 2. The predicted octanol–water partition coefficient (Wildman–Crippen LogP) is 0.0339. The molecule has 16 heavy (non-hydrogen) atoms. The second-order valence-electron chi connectivity index (χ2n) is 4.15. The minimum Gasteiger partial charge on any atom is -0.480 e. The molecule has 1 aliphatic carbocycles. The van der Waals surface area contributed by atoms with E-state index in [0.717, 1.165) is 19.3 Å². The zero-order valence-corrected chi connectivity index (χ0v) is 9.02. The van der Waals surface area contributed by atoms with Gasteiger partial charge in [-0.2, -0.15) is 0 Å². The average Bonchev–Trinajstić information content (AvgIpc) is 2.73. The van der Waals surface area contributed by atoms with Crippen molar-refractivity contribution in [3.8, 4) is 0 Å². The van der Waals surface area contributed by atoms with Crippen LogP contribution >= 0.6 is 0 Å². The normalized spacial score (nSPS) is 28.6. The predicted molar refractivity (Wildman–Crippen MR) is 55.1 cm³/mol. The number of fused-ring (bicyclic) bond motifs is 1. The summed E-state index contributed by atoms with van der Waals surface area (Å²) in [4.78, 5) is 23.8. The Morgan fingerprint density at radius 2 is 2.25 bits per heavy atom. The lowest BCUT2D eigenvalue weighted by Gasteiger charge is -2.37. The van der Waals surface area contributed by atoms with E-state index < -0.39 is 5.97 Å². The quantitative estimate of drug-likeness (QED) is 0.699. The molecule has 6 heteroatoms. The van der Waals surface area contributed by atoms with Crippen molar-refractivity contribution < 1.29 is 19.4 Å². The van der Waals surface area contributed by atoms with Gasteiger partial charge in [-0.3, -0.25) is 4.79 Å². The molecule has 0 aromatic heterocycles. The topological polar surface area (TPSA) is 78.9 Å². The highest BCUT2D eigenvalue weighted by Crippen LogP contribution is 2.29. The van der Waals surface area contributed by atoms with Crippen molar-refractivity contribution in [1.82, 2.24) is 10.2 Å². The number of morpholine rings is 1. The van der Waals surface area contributed by atoms with E-state index in [1.807, 2.05) is 0 Å². The van der Waals surface area contributed by atoms with E-state index in [1.54, 1.807) is 4.90 Å². The summed E-state index contributed by atoms with van der Waals surface area (Å²) >= 11 is 0. The zero-order valence-electron chi connectivity index (χ0n) is 9.02. The fraction of sp³-hybridized carbons (Fsp3) is 0.800. The van der Waals surface area contributed by atoms with E-state index in [0.29, 0.717) is 13.2 Å². The molecule has 2 unspecified atom stereocenters. The minimum absolute atomic E-state index is 0.127. The maximum atomic E-state index is 11.7. The van der Waals surface area contributed by atoms with Crippen LogP contribution in [0, 0.1) is 0 Å². The van der Waals surface area contributed by atoms with Gasteiger partial charge in [0.2, 0.25) is 0 Å². The molecule has 2 amide bonds. The van der Waals surface area contributed by atoms with Crippen molar-refractivity contribution in [3.05, 3.63) is 0 Å². The SMILES string of the molecule is O=C(O)CNC(=O)N1CCOC2CCCC21. The van der Waals surface area contributed by atoms with Gasteiger partial charge in [0.1, 0.15) is 6.54 Å². The van der Waals surface area contributed by atoms with Gasteiger partial charge in [-0.25, -0.2) is 4.79 Å². The third-order valence-electron chi connectivity index (χ3n) is 3.13. The summed E-state index contributed by atoms with van der Waals surface area (Å²) in [5, 5.41) is 10.9. The average molecular weight is 228 g/mol. The lowest BCUT2D eigenvalue weighted by atomic mass is 10.1. The monoisotopic (exact) mass is 228 g/mol. The van der Waals surface area contributed by atoms with Crippen molar-refractivity contribution in [1.29, 1.82) is 0 Å². The molecule has 2 N–H and O–H groups in total. The van der Waals surface area contributed by atoms with Crippen molar-refractivity contribution in [3.63, 3.8) is 0 Å². The standard InChI is InChI=1S/C10H16N2O4/c13-9(14)6-11-10(15)12-4-5-16-8-3-1-2-7(8)12/h7-8H,1-6H2,(H,11,15)(H,13,14). The molecule has 1 saturated carbocycles. The number of amides is 2. The number of hydrogen-bond donors (Lipinski definition) is 2. The summed E-state index contributed by atoms with van der Waals surface area (Å²) in [6.07, 6.45) is 3.15. The van der Waals surface area contributed by atoms with Crippen LogP contribution in [0.5, 0.6) is 0 Å². The molecule has 0 aromatic rings. The Hall–Kier alpha value is -1.30. The number of carboxylic acid groups (broad SMARTS) is 1. The zero-order chi connectivity index (χ0) is 11.5. The first-order chi connectivity index (χ1) is 7.68. The van der Waals surface area contributed by atoms with E-state index >= 15 is 0 Å². The highest BCUT2D eigenvalue weighted by atomic mass is 16.5. The molecule has 1 saturated heterocycles. The number of ether oxygens (including phenoxy) is 1. The molecule has 0 spiro atoms. The Bertz CT molecular complexity index is 295. The number of carbonyl (C=O) groups excluding carboxylic acids is 1. The number of urea groups is 1. The summed E-state index contributed by atoms with van der Waals surface area (Å²) in [5.74, 6) is -1.02. The summed E-state index contributed by atoms with van der Waals surface area (Å²) < 4.78 is 5.57. The van der Waals surface area contributed by atoms with Crippen LogP contribution in [-0.4, -0.2) is 53.8 Å². The number of rotatable bonds is 2. The van der Waals surface area contributed by atoms with Gasteiger partial charge in [-0.1, -0.05) is 0 Å². The second-order valence-corrected chi connectivity index (χ2v) is 4.15. The van der Waals surface area contributed by atoms with Crippen LogP contribution in [0.25, 0.3) is 0 Å². The highest BCUT2D eigenvalue weighted by molar-refractivity contribution is 5.80. The van der Waals surface area contributed by atoms with Gasteiger partial charge >= 0.3 is 12.0 Å². The van der Waals surface area contributed by atoms with Gasteiger partial charge in [0.15, 0.2) is 0 Å². The Morgan fingerprint density at radius 1 is 1.44 bits per heavy atom. The van der Waals surface area contributed by atoms with E-state index in [4.69, 9.17) is 9.84 Å². The molecular weight excluding hydrogens is 212 g/mol. The molecular formula is C10H16N2O4. The summed E-state index contributed by atoms with van der Waals surface area (Å²) in [7, 11) is 0. The molecule has 0 bridgehead atoms. The molecule has 2 fully saturated rings. The first-order valence-corrected chi connectivity index (χ1v) is 5.56. The van der Waals surface area contributed by atoms with Crippen LogP contribution in [0.1, 0.15) is 19.3 Å². The molecule has 6 nitrogen and oxygen atoms in total. The molecule has 0 radical (unpaired) electrons. The molecule has 90 valence electrons. The van der Waals surface area contributed by atoms with E-state index in [-0.39, 0.29) is 24.7 Å². The summed E-state index contributed by atoms with van der Waals surface area (Å²) in [6.45, 7) is 0.766. The Kier molecular flexibility index (Phi) is 3.28. The lowest BCUT2D eigenvalue weighted by molar-refractivity contribution is -0.135. The van der Waals surface area contributed by atoms with Crippen LogP contribution in [0.3, 0.4) is 0 Å². The molecule has 1 heterocycles. The number of aliphatic carboxylic acids is 1. The van der Waals surface area contributed by atoms with Crippen LogP contribution in [-0.2, 0) is 9.53 Å². The van der Waals surface area contributed by atoms with Crippen molar-refractivity contribution in [2.75, 3.05) is 19.7 Å². The molecule has 1 aliphatic heterocycles. The Balaban J connectivity index is 1.91. The van der Waals surface area contributed by atoms with Crippen LogP contribution in [0.2, 0.25) is 0 Å². The number of hydrogen-bond acceptors (Lipinski definition) is 3. The third-order valence-corrected chi connectivity index (χ3v) is 3.13. The van der Waals surface area contributed by atoms with Crippen molar-refractivity contribution in [2.45, 2.75) is 31.4 Å². The van der Waals surface area contributed by atoms with Gasteiger partial charge < -0.3 is 20.1 Å². The largest absolute Gasteiger partial charge is 0.480 e. The van der Waals surface area contributed by atoms with Gasteiger partial charge in [0, 0.05) is 6.54 Å². The van der Waals surface area contributed by atoms with E-state index in [9.17, 15) is 9.59 Å². The van der Waals surface area contributed by atoms with Gasteiger partial charge in [0.25, 0.3) is 0 Å². The fourth-order valence-electron chi connectivity index (χ4n) is 2.43. The second kappa shape index (κ2) is 4.69. The Labute approximate surface area is 93.6 Å². The molecule has 2 rings (SSSR count). The number of carboxylic acids is 1. The first-order valence-electron chi connectivity index (χ1n) is 5.56. The molecule has 2 aliphatic rings. The smallest absolute Gasteiger partial charge is 0.323 e. The van der Waals surface area contributed by atoms with E-state index in [1.165, 1.54) is 0 Å². The van der Waals surface area contributed by atoms with Crippen molar-refractivity contribution in [2.24, 2.45) is 0 Å².